The van der Waals surface area contributed by atoms with Crippen LogP contribution in [0, 0.1) is 5.92 Å². The van der Waals surface area contributed by atoms with Crippen molar-refractivity contribution in [1.29, 1.82) is 0 Å². The van der Waals surface area contributed by atoms with Gasteiger partial charge in [0.15, 0.2) is 0 Å². The minimum Gasteiger partial charge on any atom is -0.459 e. The van der Waals surface area contributed by atoms with Crippen molar-refractivity contribution in [2.45, 2.75) is 19.4 Å². The molecule has 2 atom stereocenters. The van der Waals surface area contributed by atoms with Crippen LogP contribution < -0.4 is 10.1 Å². The Morgan fingerprint density at radius 2 is 2.20 bits per heavy atom. The lowest BCUT2D eigenvalue weighted by Crippen LogP contribution is -2.43. The number of hydrogen-bond acceptors (Lipinski definition) is 4. The monoisotopic (exact) mass is 227 g/mol. The van der Waals surface area contributed by atoms with Crippen LogP contribution in [0.25, 0.3) is 0 Å². The number of rotatable bonds is 2. The van der Waals surface area contributed by atoms with Crippen molar-refractivity contribution in [1.82, 2.24) is 15.3 Å². The smallest absolute Gasteiger partial charge is 0.316 e. The van der Waals surface area contributed by atoms with Crippen LogP contribution in [0.15, 0.2) is 12.4 Å². The van der Waals surface area contributed by atoms with Gasteiger partial charge in [-0.1, -0.05) is 18.5 Å². The van der Waals surface area contributed by atoms with Crippen LogP contribution in [0.2, 0.25) is 5.02 Å². The fourth-order valence-electron chi connectivity index (χ4n) is 1.62. The normalized spacial score (nSPS) is 26.3. The van der Waals surface area contributed by atoms with Crippen molar-refractivity contribution < 1.29 is 4.74 Å². The summed E-state index contributed by atoms with van der Waals surface area (Å²) < 4.78 is 5.68. The van der Waals surface area contributed by atoms with E-state index in [0.717, 1.165) is 19.5 Å². The zero-order chi connectivity index (χ0) is 10.7. The predicted octanol–water partition coefficient (Wildman–Crippen LogP) is 1.51. The van der Waals surface area contributed by atoms with Gasteiger partial charge in [0.1, 0.15) is 6.10 Å². The lowest BCUT2D eigenvalue weighted by Gasteiger charge is -2.28. The Morgan fingerprint density at radius 1 is 1.47 bits per heavy atom. The fraction of sp³-hybridized carbons (Fsp3) is 0.600. The zero-order valence-corrected chi connectivity index (χ0v) is 9.37. The second-order valence-electron chi connectivity index (χ2n) is 3.81. The van der Waals surface area contributed by atoms with E-state index < -0.39 is 0 Å². The maximum absolute atomic E-state index is 5.69. The Hall–Kier alpha value is -0.870. The Bertz CT molecular complexity index is 317. The molecule has 0 bridgehead atoms. The third-order valence-electron chi connectivity index (χ3n) is 2.61. The van der Waals surface area contributed by atoms with Crippen LogP contribution in [-0.4, -0.2) is 29.2 Å². The van der Waals surface area contributed by atoms with Crippen molar-refractivity contribution in [2.24, 2.45) is 5.92 Å². The number of hydrogen-bond donors (Lipinski definition) is 1. The SMILES string of the molecule is CC1CCNCC1Oc1ncc(Cl)cn1. The van der Waals surface area contributed by atoms with E-state index in [-0.39, 0.29) is 6.10 Å². The maximum atomic E-state index is 5.69. The highest BCUT2D eigenvalue weighted by atomic mass is 35.5. The standard InChI is InChI=1S/C10H14ClN3O/c1-7-2-3-12-6-9(7)15-10-13-4-8(11)5-14-10/h4-5,7,9,12H,2-3,6H2,1H3. The molecule has 1 aromatic rings. The van der Waals surface area contributed by atoms with Gasteiger partial charge in [0.25, 0.3) is 0 Å². The van der Waals surface area contributed by atoms with Crippen molar-refractivity contribution in [3.05, 3.63) is 17.4 Å². The van der Waals surface area contributed by atoms with Crippen molar-refractivity contribution in [3.8, 4) is 6.01 Å². The molecular weight excluding hydrogens is 214 g/mol. The molecule has 1 N–H and O–H groups in total. The van der Waals surface area contributed by atoms with Gasteiger partial charge in [0, 0.05) is 6.54 Å². The summed E-state index contributed by atoms with van der Waals surface area (Å²) in [4.78, 5) is 8.03. The minimum atomic E-state index is 0.153. The third-order valence-corrected chi connectivity index (χ3v) is 2.81. The maximum Gasteiger partial charge on any atom is 0.316 e. The first-order valence-corrected chi connectivity index (χ1v) is 5.48. The molecule has 1 aromatic heterocycles. The molecule has 0 aromatic carbocycles. The third kappa shape index (κ3) is 2.79. The number of nitrogens with zero attached hydrogens (tertiary/aromatic N) is 2. The Balaban J connectivity index is 1.98. The quantitative estimate of drug-likeness (QED) is 0.832. The first kappa shape index (κ1) is 10.6. The predicted molar refractivity (Wildman–Crippen MR) is 58.1 cm³/mol. The number of piperidine rings is 1. The average molecular weight is 228 g/mol. The van der Waals surface area contributed by atoms with E-state index >= 15 is 0 Å². The van der Waals surface area contributed by atoms with Gasteiger partial charge in [-0.05, 0) is 18.9 Å². The van der Waals surface area contributed by atoms with Gasteiger partial charge in [0.2, 0.25) is 0 Å². The van der Waals surface area contributed by atoms with Crippen LogP contribution in [0.5, 0.6) is 6.01 Å². The Labute approximate surface area is 94.0 Å². The van der Waals surface area contributed by atoms with Gasteiger partial charge in [0.05, 0.1) is 17.4 Å². The van der Waals surface area contributed by atoms with E-state index in [0.29, 0.717) is 17.0 Å². The zero-order valence-electron chi connectivity index (χ0n) is 8.61. The van der Waals surface area contributed by atoms with Gasteiger partial charge in [-0.3, -0.25) is 0 Å². The van der Waals surface area contributed by atoms with Crippen molar-refractivity contribution in [2.75, 3.05) is 13.1 Å². The molecule has 1 saturated heterocycles. The van der Waals surface area contributed by atoms with Gasteiger partial charge in [-0.15, -0.1) is 0 Å². The summed E-state index contributed by atoms with van der Waals surface area (Å²) in [6, 6.07) is 0.403. The largest absolute Gasteiger partial charge is 0.459 e. The number of nitrogens with one attached hydrogen (secondary N) is 1. The lowest BCUT2D eigenvalue weighted by atomic mass is 9.97. The topological polar surface area (TPSA) is 47.0 Å². The molecular formula is C10H14ClN3O. The van der Waals surface area contributed by atoms with E-state index in [9.17, 15) is 0 Å². The van der Waals surface area contributed by atoms with E-state index in [2.05, 4.69) is 22.2 Å². The van der Waals surface area contributed by atoms with E-state index in [1.807, 2.05) is 0 Å². The number of halogens is 1. The minimum absolute atomic E-state index is 0.153. The molecule has 0 spiro atoms. The summed E-state index contributed by atoms with van der Waals surface area (Å²) in [5.74, 6) is 0.533. The second-order valence-corrected chi connectivity index (χ2v) is 4.25. The van der Waals surface area contributed by atoms with E-state index in [1.54, 1.807) is 12.4 Å². The Kier molecular flexibility index (Phi) is 3.38. The van der Waals surface area contributed by atoms with Crippen molar-refractivity contribution >= 4 is 11.6 Å². The van der Waals surface area contributed by atoms with E-state index in [1.165, 1.54) is 0 Å². The summed E-state index contributed by atoms with van der Waals surface area (Å²) in [5.41, 5.74) is 0. The second kappa shape index (κ2) is 4.77. The average Bonchev–Trinajstić information content (AvgIpc) is 2.25. The molecule has 4 nitrogen and oxygen atoms in total. The van der Waals surface area contributed by atoms with Gasteiger partial charge >= 0.3 is 6.01 Å². The first-order chi connectivity index (χ1) is 7.25. The summed E-state index contributed by atoms with van der Waals surface area (Å²) in [5, 5.41) is 3.82. The highest BCUT2D eigenvalue weighted by Crippen LogP contribution is 2.17. The molecule has 0 radical (unpaired) electrons. The number of ether oxygens (including phenoxy) is 1. The lowest BCUT2D eigenvalue weighted by molar-refractivity contribution is 0.104. The van der Waals surface area contributed by atoms with E-state index in [4.69, 9.17) is 16.3 Å². The summed E-state index contributed by atoms with van der Waals surface area (Å²) in [6.07, 6.45) is 4.37. The fourth-order valence-corrected chi connectivity index (χ4v) is 1.71. The van der Waals surface area contributed by atoms with Crippen LogP contribution in [0.3, 0.4) is 0 Å². The summed E-state index contributed by atoms with van der Waals surface area (Å²) in [7, 11) is 0. The molecule has 2 heterocycles. The molecule has 0 amide bonds. The number of aromatic nitrogens is 2. The molecule has 5 heteroatoms. The molecule has 1 aliphatic rings. The van der Waals surface area contributed by atoms with Crippen LogP contribution in [0.4, 0.5) is 0 Å². The van der Waals surface area contributed by atoms with Crippen LogP contribution in [0.1, 0.15) is 13.3 Å². The van der Waals surface area contributed by atoms with Gasteiger partial charge < -0.3 is 10.1 Å². The van der Waals surface area contributed by atoms with Gasteiger partial charge in [-0.2, -0.15) is 0 Å². The molecule has 2 unspecified atom stereocenters. The molecule has 82 valence electrons. The molecule has 1 aliphatic heterocycles. The van der Waals surface area contributed by atoms with Crippen LogP contribution in [-0.2, 0) is 0 Å². The van der Waals surface area contributed by atoms with Gasteiger partial charge in [-0.25, -0.2) is 9.97 Å². The summed E-state index contributed by atoms with van der Waals surface area (Å²) >= 11 is 5.69. The van der Waals surface area contributed by atoms with Crippen LogP contribution >= 0.6 is 11.6 Å². The highest BCUT2D eigenvalue weighted by Gasteiger charge is 2.23. The first-order valence-electron chi connectivity index (χ1n) is 5.10. The molecule has 2 rings (SSSR count). The summed E-state index contributed by atoms with van der Waals surface area (Å²) in [6.45, 7) is 4.09. The molecule has 0 saturated carbocycles. The molecule has 0 aliphatic carbocycles. The highest BCUT2D eigenvalue weighted by molar-refractivity contribution is 6.30. The molecule has 15 heavy (non-hydrogen) atoms. The Morgan fingerprint density at radius 3 is 2.87 bits per heavy atom. The van der Waals surface area contributed by atoms with Crippen molar-refractivity contribution in [3.63, 3.8) is 0 Å². The molecule has 1 fully saturated rings.